The van der Waals surface area contributed by atoms with E-state index in [1.807, 2.05) is 13.8 Å². The first-order valence-corrected chi connectivity index (χ1v) is 17.0. The number of aryl methyl sites for hydroxylation is 1. The molecule has 1 aliphatic rings. The minimum Gasteiger partial charge on any atom is -0.497 e. The van der Waals surface area contributed by atoms with Crippen LogP contribution in [0.15, 0.2) is 71.6 Å². The molecule has 0 aliphatic heterocycles. The van der Waals surface area contributed by atoms with Crippen molar-refractivity contribution in [2.75, 3.05) is 18.0 Å². The highest BCUT2D eigenvalue weighted by atomic mass is 35.5. The zero-order valence-corrected chi connectivity index (χ0v) is 27.6. The van der Waals surface area contributed by atoms with Gasteiger partial charge in [0.1, 0.15) is 18.3 Å². The molecule has 0 unspecified atom stereocenters. The molecule has 0 aromatic heterocycles. The quantitative estimate of drug-likeness (QED) is 0.232. The fourth-order valence-corrected chi connectivity index (χ4v) is 7.16. The summed E-state index contributed by atoms with van der Waals surface area (Å²) in [5.74, 6) is -0.368. The molecule has 1 fully saturated rings. The lowest BCUT2D eigenvalue weighted by atomic mass is 9.95. The Kier molecular flexibility index (Phi) is 11.6. The van der Waals surface area contributed by atoms with Gasteiger partial charge in [0.05, 0.1) is 27.7 Å². The molecular weight excluding hydrogens is 621 g/mol. The molecule has 8 nitrogen and oxygen atoms in total. The number of carbonyl (C=O) groups is 2. The van der Waals surface area contributed by atoms with Crippen LogP contribution in [0.1, 0.15) is 56.6 Å². The molecule has 44 heavy (non-hydrogen) atoms. The molecule has 236 valence electrons. The first-order valence-electron chi connectivity index (χ1n) is 14.8. The third kappa shape index (κ3) is 8.25. The van der Waals surface area contributed by atoms with Gasteiger partial charge in [-0.3, -0.25) is 13.9 Å². The van der Waals surface area contributed by atoms with Crippen molar-refractivity contribution in [2.45, 2.75) is 75.9 Å². The first-order chi connectivity index (χ1) is 21.0. The molecule has 0 saturated heterocycles. The minimum absolute atomic E-state index is 0.0306. The van der Waals surface area contributed by atoms with Crippen LogP contribution in [-0.2, 0) is 26.2 Å². The van der Waals surface area contributed by atoms with E-state index in [1.54, 1.807) is 54.6 Å². The Morgan fingerprint density at radius 3 is 2.32 bits per heavy atom. The van der Waals surface area contributed by atoms with Crippen LogP contribution in [0.25, 0.3) is 0 Å². The second-order valence-corrected chi connectivity index (χ2v) is 13.7. The maximum atomic E-state index is 14.3. The zero-order valence-electron chi connectivity index (χ0n) is 25.3. The van der Waals surface area contributed by atoms with E-state index in [-0.39, 0.29) is 29.1 Å². The van der Waals surface area contributed by atoms with Crippen LogP contribution in [0, 0.1) is 6.92 Å². The van der Waals surface area contributed by atoms with Crippen molar-refractivity contribution in [1.29, 1.82) is 0 Å². The van der Waals surface area contributed by atoms with Gasteiger partial charge in [-0.25, -0.2) is 8.42 Å². The molecule has 0 spiro atoms. The predicted molar refractivity (Wildman–Crippen MR) is 175 cm³/mol. The summed E-state index contributed by atoms with van der Waals surface area (Å²) >= 11 is 12.4. The number of rotatable bonds is 12. The van der Waals surface area contributed by atoms with Crippen molar-refractivity contribution in [3.63, 3.8) is 0 Å². The Bertz CT molecular complexity index is 1560. The minimum atomic E-state index is -4.19. The van der Waals surface area contributed by atoms with Gasteiger partial charge in [-0.2, -0.15) is 0 Å². The summed E-state index contributed by atoms with van der Waals surface area (Å²) in [5, 5.41) is 3.83. The third-order valence-electron chi connectivity index (χ3n) is 7.90. The first kappa shape index (κ1) is 33.6. The number of carbonyl (C=O) groups excluding carboxylic acids is 2. The van der Waals surface area contributed by atoms with Crippen LogP contribution < -0.4 is 14.4 Å². The maximum Gasteiger partial charge on any atom is 0.264 e. The van der Waals surface area contributed by atoms with E-state index in [9.17, 15) is 18.0 Å². The molecule has 3 aromatic rings. The van der Waals surface area contributed by atoms with E-state index in [4.69, 9.17) is 27.9 Å². The molecule has 4 rings (SSSR count). The van der Waals surface area contributed by atoms with Crippen molar-refractivity contribution in [3.8, 4) is 5.75 Å². The molecule has 0 bridgehead atoms. The van der Waals surface area contributed by atoms with Gasteiger partial charge in [-0.05, 0) is 68.1 Å². The summed E-state index contributed by atoms with van der Waals surface area (Å²) in [4.78, 5) is 29.5. The zero-order chi connectivity index (χ0) is 31.9. The summed E-state index contributed by atoms with van der Waals surface area (Å²) in [6, 6.07) is 17.2. The van der Waals surface area contributed by atoms with E-state index < -0.39 is 28.5 Å². The maximum absolute atomic E-state index is 14.3. The molecule has 11 heteroatoms. The number of halogens is 2. The highest BCUT2D eigenvalue weighted by molar-refractivity contribution is 7.92. The van der Waals surface area contributed by atoms with Crippen LogP contribution in [0.5, 0.6) is 5.75 Å². The Labute approximate surface area is 270 Å². The molecular formula is C33H39Cl2N3O5S. The number of amides is 2. The lowest BCUT2D eigenvalue weighted by Gasteiger charge is -2.34. The second-order valence-electron chi connectivity index (χ2n) is 11.1. The normalized spacial score (nSPS) is 14.5. The Balaban J connectivity index is 1.73. The highest BCUT2D eigenvalue weighted by Crippen LogP contribution is 2.29. The van der Waals surface area contributed by atoms with E-state index in [0.717, 1.165) is 42.0 Å². The van der Waals surface area contributed by atoms with Gasteiger partial charge in [0.15, 0.2) is 0 Å². The summed E-state index contributed by atoms with van der Waals surface area (Å²) in [5.41, 5.74) is 1.81. The van der Waals surface area contributed by atoms with E-state index >= 15 is 0 Å². The van der Waals surface area contributed by atoms with Crippen molar-refractivity contribution >= 4 is 50.7 Å². The van der Waals surface area contributed by atoms with Gasteiger partial charge in [0.25, 0.3) is 10.0 Å². The monoisotopic (exact) mass is 659 g/mol. The number of hydrogen-bond acceptors (Lipinski definition) is 5. The van der Waals surface area contributed by atoms with Crippen LogP contribution in [0.3, 0.4) is 0 Å². The second kappa shape index (κ2) is 15.1. The number of nitrogens with zero attached hydrogens (tertiary/aromatic N) is 2. The average molecular weight is 661 g/mol. The molecule has 1 saturated carbocycles. The van der Waals surface area contributed by atoms with Gasteiger partial charge in [-0.1, -0.05) is 79.2 Å². The highest BCUT2D eigenvalue weighted by Gasteiger charge is 2.34. The summed E-state index contributed by atoms with van der Waals surface area (Å²) in [7, 11) is -2.71. The Morgan fingerprint density at radius 2 is 1.68 bits per heavy atom. The van der Waals surface area contributed by atoms with E-state index in [2.05, 4.69) is 5.32 Å². The summed E-state index contributed by atoms with van der Waals surface area (Å²) < 4.78 is 34.6. The van der Waals surface area contributed by atoms with Gasteiger partial charge in [0.2, 0.25) is 11.8 Å². The molecule has 3 aromatic carbocycles. The number of benzene rings is 3. The molecule has 1 N–H and O–H groups in total. The van der Waals surface area contributed by atoms with Gasteiger partial charge in [-0.15, -0.1) is 0 Å². The molecule has 1 atom stereocenters. The van der Waals surface area contributed by atoms with Crippen LogP contribution in [0.2, 0.25) is 10.0 Å². The molecule has 2 amide bonds. The van der Waals surface area contributed by atoms with Crippen molar-refractivity contribution in [1.82, 2.24) is 10.2 Å². The Morgan fingerprint density at radius 1 is 0.977 bits per heavy atom. The molecule has 0 radical (unpaired) electrons. The predicted octanol–water partition coefficient (Wildman–Crippen LogP) is 6.76. The number of ether oxygens (including phenoxy) is 1. The Hall–Kier alpha value is -3.27. The third-order valence-corrected chi connectivity index (χ3v) is 10.4. The largest absolute Gasteiger partial charge is 0.497 e. The smallest absolute Gasteiger partial charge is 0.264 e. The summed E-state index contributed by atoms with van der Waals surface area (Å²) in [6.07, 6.45) is 5.33. The number of sulfonamides is 1. The lowest BCUT2D eigenvalue weighted by molar-refractivity contribution is -0.140. The number of hydrogen-bond donors (Lipinski definition) is 1. The standard InChI is InChI=1S/C33H39Cl2N3O5S/c1-4-31(33(40)36-25-9-6-5-7-10-25)37(21-24-15-18-29(34)30(35)19-24)32(39)22-38(26-11-8-12-27(20-26)43-3)44(41,42)28-16-13-23(2)14-17-28/h8,11-20,25,31H,4-7,9-10,21-22H2,1-3H3,(H,36,40)/t31-/m0/s1. The van der Waals surface area contributed by atoms with E-state index in [0.29, 0.717) is 27.8 Å². The van der Waals surface area contributed by atoms with Crippen molar-refractivity contribution in [2.24, 2.45) is 0 Å². The van der Waals surface area contributed by atoms with Gasteiger partial charge < -0.3 is 15.0 Å². The topological polar surface area (TPSA) is 96.0 Å². The van der Waals surface area contributed by atoms with Crippen molar-refractivity contribution in [3.05, 3.63) is 87.9 Å². The van der Waals surface area contributed by atoms with Crippen LogP contribution in [-0.4, -0.2) is 50.9 Å². The molecule has 1 aliphatic carbocycles. The lowest BCUT2D eigenvalue weighted by Crippen LogP contribution is -2.54. The number of methoxy groups -OCH3 is 1. The SMILES string of the molecule is CC[C@@H](C(=O)NC1CCCCC1)N(Cc1ccc(Cl)c(Cl)c1)C(=O)CN(c1cccc(OC)c1)S(=O)(=O)c1ccc(C)cc1. The van der Waals surface area contributed by atoms with Crippen LogP contribution >= 0.6 is 23.2 Å². The molecule has 0 heterocycles. The van der Waals surface area contributed by atoms with Gasteiger partial charge in [0, 0.05) is 18.7 Å². The van der Waals surface area contributed by atoms with Gasteiger partial charge >= 0.3 is 0 Å². The van der Waals surface area contributed by atoms with Crippen molar-refractivity contribution < 1.29 is 22.7 Å². The number of nitrogens with one attached hydrogen (secondary N) is 1. The number of anilines is 1. The fraction of sp³-hybridized carbons (Fsp3) is 0.394. The average Bonchev–Trinajstić information content (AvgIpc) is 3.02. The van der Waals surface area contributed by atoms with Crippen LogP contribution in [0.4, 0.5) is 5.69 Å². The summed E-state index contributed by atoms with van der Waals surface area (Å²) in [6.45, 7) is 3.19. The fourth-order valence-electron chi connectivity index (χ4n) is 5.43. The van der Waals surface area contributed by atoms with E-state index in [1.165, 1.54) is 24.1 Å².